The molecule has 0 bridgehead atoms. The van der Waals surface area contributed by atoms with E-state index in [2.05, 4.69) is 61.8 Å². The lowest BCUT2D eigenvalue weighted by atomic mass is 10.1. The second-order valence-electron chi connectivity index (χ2n) is 4.47. The smallest absolute Gasteiger partial charge is 0.0726 e. The second kappa shape index (κ2) is 4.45. The first-order chi connectivity index (χ1) is 6.38. The van der Waals surface area contributed by atoms with E-state index in [0.29, 0.717) is 6.61 Å². The van der Waals surface area contributed by atoms with Crippen molar-refractivity contribution < 1.29 is 4.74 Å². The Balaban J connectivity index is 2.72. The van der Waals surface area contributed by atoms with Gasteiger partial charge >= 0.3 is 0 Å². The van der Waals surface area contributed by atoms with Gasteiger partial charge in [0.1, 0.15) is 0 Å². The SMILES string of the molecule is Cc1ccc(Br)cc1COC(C)(C)C. The molecule has 0 heterocycles. The summed E-state index contributed by atoms with van der Waals surface area (Å²) in [4.78, 5) is 0. The molecule has 1 rings (SSSR count). The summed E-state index contributed by atoms with van der Waals surface area (Å²) in [5.74, 6) is 0. The molecule has 0 atom stereocenters. The van der Waals surface area contributed by atoms with Crippen LogP contribution in [-0.4, -0.2) is 5.60 Å². The average molecular weight is 257 g/mol. The Kier molecular flexibility index (Phi) is 3.73. The van der Waals surface area contributed by atoms with Crippen LogP contribution in [0.4, 0.5) is 0 Å². The lowest BCUT2D eigenvalue weighted by molar-refractivity contribution is -0.0151. The van der Waals surface area contributed by atoms with Gasteiger partial charge in [0.2, 0.25) is 0 Å². The van der Waals surface area contributed by atoms with E-state index in [4.69, 9.17) is 4.74 Å². The molecule has 0 N–H and O–H groups in total. The van der Waals surface area contributed by atoms with Crippen molar-refractivity contribution >= 4 is 15.9 Å². The van der Waals surface area contributed by atoms with Crippen LogP contribution in [0.3, 0.4) is 0 Å². The maximum atomic E-state index is 5.73. The zero-order valence-electron chi connectivity index (χ0n) is 9.23. The third-order valence-corrected chi connectivity index (χ3v) is 2.47. The van der Waals surface area contributed by atoms with Gasteiger partial charge < -0.3 is 4.74 Å². The van der Waals surface area contributed by atoms with Gasteiger partial charge in [-0.3, -0.25) is 0 Å². The number of hydrogen-bond donors (Lipinski definition) is 0. The fourth-order valence-corrected chi connectivity index (χ4v) is 1.50. The number of benzene rings is 1. The summed E-state index contributed by atoms with van der Waals surface area (Å²) in [6, 6.07) is 6.27. The molecule has 0 aliphatic carbocycles. The zero-order valence-corrected chi connectivity index (χ0v) is 10.8. The van der Waals surface area contributed by atoms with Crippen LogP contribution in [0.1, 0.15) is 31.9 Å². The van der Waals surface area contributed by atoms with Crippen molar-refractivity contribution in [1.29, 1.82) is 0 Å². The van der Waals surface area contributed by atoms with Gasteiger partial charge in [-0.1, -0.05) is 22.0 Å². The highest BCUT2D eigenvalue weighted by Crippen LogP contribution is 2.19. The summed E-state index contributed by atoms with van der Waals surface area (Å²) < 4.78 is 6.84. The monoisotopic (exact) mass is 256 g/mol. The van der Waals surface area contributed by atoms with E-state index in [0.717, 1.165) is 4.47 Å². The van der Waals surface area contributed by atoms with Crippen molar-refractivity contribution in [3.8, 4) is 0 Å². The largest absolute Gasteiger partial charge is 0.371 e. The molecule has 0 unspecified atom stereocenters. The number of ether oxygens (including phenoxy) is 1. The van der Waals surface area contributed by atoms with Gasteiger partial charge in [0.05, 0.1) is 12.2 Å². The maximum absolute atomic E-state index is 5.73. The summed E-state index contributed by atoms with van der Waals surface area (Å²) in [5.41, 5.74) is 2.45. The van der Waals surface area contributed by atoms with E-state index in [1.807, 2.05) is 0 Å². The fraction of sp³-hybridized carbons (Fsp3) is 0.500. The average Bonchev–Trinajstić information content (AvgIpc) is 2.05. The molecule has 1 aromatic carbocycles. The molecule has 0 saturated carbocycles. The Morgan fingerprint density at radius 2 is 1.93 bits per heavy atom. The molecule has 0 aliphatic rings. The predicted molar refractivity (Wildman–Crippen MR) is 63.4 cm³/mol. The van der Waals surface area contributed by atoms with Crippen LogP contribution >= 0.6 is 15.9 Å². The summed E-state index contributed by atoms with van der Waals surface area (Å²) in [5, 5.41) is 0. The van der Waals surface area contributed by atoms with Gasteiger partial charge in [-0.2, -0.15) is 0 Å². The minimum atomic E-state index is -0.0746. The van der Waals surface area contributed by atoms with E-state index in [9.17, 15) is 0 Å². The lowest BCUT2D eigenvalue weighted by Gasteiger charge is -2.20. The van der Waals surface area contributed by atoms with Crippen LogP contribution < -0.4 is 0 Å². The minimum absolute atomic E-state index is 0.0746. The lowest BCUT2D eigenvalue weighted by Crippen LogP contribution is -2.18. The Morgan fingerprint density at radius 3 is 2.50 bits per heavy atom. The van der Waals surface area contributed by atoms with Gasteiger partial charge in [-0.05, 0) is 51.0 Å². The van der Waals surface area contributed by atoms with Crippen LogP contribution in [0.5, 0.6) is 0 Å². The molecule has 0 spiro atoms. The van der Waals surface area contributed by atoms with Crippen LogP contribution in [0.25, 0.3) is 0 Å². The highest BCUT2D eigenvalue weighted by atomic mass is 79.9. The van der Waals surface area contributed by atoms with Crippen molar-refractivity contribution in [2.24, 2.45) is 0 Å². The first-order valence-electron chi connectivity index (χ1n) is 4.77. The third-order valence-electron chi connectivity index (χ3n) is 1.97. The normalized spacial score (nSPS) is 11.8. The van der Waals surface area contributed by atoms with Crippen LogP contribution in [0.15, 0.2) is 22.7 Å². The predicted octanol–water partition coefficient (Wildman–Crippen LogP) is 4.07. The molecule has 2 heteroatoms. The molecule has 78 valence electrons. The van der Waals surface area contributed by atoms with Gasteiger partial charge in [-0.25, -0.2) is 0 Å². The van der Waals surface area contributed by atoms with E-state index < -0.39 is 0 Å². The minimum Gasteiger partial charge on any atom is -0.371 e. The molecule has 0 amide bonds. The Hall–Kier alpha value is -0.340. The number of halogens is 1. The summed E-state index contributed by atoms with van der Waals surface area (Å²) in [7, 11) is 0. The highest BCUT2D eigenvalue weighted by molar-refractivity contribution is 9.10. The van der Waals surface area contributed by atoms with Crippen molar-refractivity contribution in [2.75, 3.05) is 0 Å². The first-order valence-corrected chi connectivity index (χ1v) is 5.57. The van der Waals surface area contributed by atoms with E-state index in [1.54, 1.807) is 0 Å². The van der Waals surface area contributed by atoms with Crippen molar-refractivity contribution in [2.45, 2.75) is 39.9 Å². The Labute approximate surface area is 94.6 Å². The van der Waals surface area contributed by atoms with Crippen molar-refractivity contribution in [3.63, 3.8) is 0 Å². The van der Waals surface area contributed by atoms with Gasteiger partial charge in [0.25, 0.3) is 0 Å². The topological polar surface area (TPSA) is 9.23 Å². The highest BCUT2D eigenvalue weighted by Gasteiger charge is 2.10. The van der Waals surface area contributed by atoms with E-state index >= 15 is 0 Å². The van der Waals surface area contributed by atoms with E-state index in [1.165, 1.54) is 11.1 Å². The van der Waals surface area contributed by atoms with Gasteiger partial charge in [-0.15, -0.1) is 0 Å². The van der Waals surface area contributed by atoms with Crippen molar-refractivity contribution in [3.05, 3.63) is 33.8 Å². The molecular weight excluding hydrogens is 240 g/mol. The molecule has 0 aliphatic heterocycles. The zero-order chi connectivity index (χ0) is 10.8. The molecule has 0 radical (unpaired) electrons. The third kappa shape index (κ3) is 3.81. The Morgan fingerprint density at radius 1 is 1.29 bits per heavy atom. The molecule has 0 fully saturated rings. The second-order valence-corrected chi connectivity index (χ2v) is 5.39. The molecule has 1 aromatic rings. The van der Waals surface area contributed by atoms with Gasteiger partial charge in [0.15, 0.2) is 0 Å². The van der Waals surface area contributed by atoms with Crippen LogP contribution in [0.2, 0.25) is 0 Å². The summed E-state index contributed by atoms with van der Waals surface area (Å²) >= 11 is 3.46. The fourth-order valence-electron chi connectivity index (χ4n) is 1.09. The quantitative estimate of drug-likeness (QED) is 0.775. The first kappa shape index (κ1) is 11.7. The van der Waals surface area contributed by atoms with E-state index in [-0.39, 0.29) is 5.60 Å². The Bertz CT molecular complexity index is 313. The summed E-state index contributed by atoms with van der Waals surface area (Å²) in [6.07, 6.45) is 0. The van der Waals surface area contributed by atoms with Crippen LogP contribution in [-0.2, 0) is 11.3 Å². The molecular formula is C12H17BrO. The molecule has 0 saturated heterocycles. The number of rotatable bonds is 2. The standard InChI is InChI=1S/C12H17BrO/c1-9-5-6-11(13)7-10(9)8-14-12(2,3)4/h5-7H,8H2,1-4H3. The van der Waals surface area contributed by atoms with Crippen LogP contribution in [0, 0.1) is 6.92 Å². The molecule has 1 nitrogen and oxygen atoms in total. The maximum Gasteiger partial charge on any atom is 0.0726 e. The molecule has 0 aromatic heterocycles. The summed E-state index contributed by atoms with van der Waals surface area (Å²) in [6.45, 7) is 8.99. The number of hydrogen-bond acceptors (Lipinski definition) is 1. The number of aryl methyl sites for hydroxylation is 1. The molecule has 14 heavy (non-hydrogen) atoms. The van der Waals surface area contributed by atoms with Gasteiger partial charge in [0, 0.05) is 4.47 Å². The van der Waals surface area contributed by atoms with Crippen molar-refractivity contribution in [1.82, 2.24) is 0 Å².